The van der Waals surface area contributed by atoms with Crippen molar-refractivity contribution < 1.29 is 18.6 Å². The Kier molecular flexibility index (Phi) is 5.84. The first-order valence-electron chi connectivity index (χ1n) is 11.0. The Morgan fingerprint density at radius 2 is 1.86 bits per heavy atom. The van der Waals surface area contributed by atoms with E-state index in [9.17, 15) is 18.7 Å². The van der Waals surface area contributed by atoms with Crippen LogP contribution in [0.3, 0.4) is 0 Å². The summed E-state index contributed by atoms with van der Waals surface area (Å²) in [4.78, 5) is 17.3. The number of hydrogen-bond acceptors (Lipinski definition) is 6. The molecule has 184 valence electrons. The molecule has 11 heteroatoms. The van der Waals surface area contributed by atoms with E-state index in [-0.39, 0.29) is 12.1 Å². The minimum absolute atomic E-state index is 0.202. The van der Waals surface area contributed by atoms with Crippen LogP contribution in [-0.2, 0) is 12.1 Å². The lowest BCUT2D eigenvalue weighted by molar-refractivity contribution is -0.0390. The van der Waals surface area contributed by atoms with Crippen LogP contribution in [0.5, 0.6) is 5.75 Å². The van der Waals surface area contributed by atoms with Gasteiger partial charge in [-0.1, -0.05) is 18.2 Å². The smallest absolute Gasteiger partial charge is 0.349 e. The highest BCUT2D eigenvalue weighted by Gasteiger charge is 2.41. The Morgan fingerprint density at radius 3 is 2.53 bits per heavy atom. The molecule has 0 spiro atoms. The predicted molar refractivity (Wildman–Crippen MR) is 126 cm³/mol. The van der Waals surface area contributed by atoms with Crippen molar-refractivity contribution in [2.24, 2.45) is 0 Å². The van der Waals surface area contributed by atoms with Crippen LogP contribution < -0.4 is 10.4 Å². The van der Waals surface area contributed by atoms with Gasteiger partial charge in [0.15, 0.2) is 0 Å². The summed E-state index contributed by atoms with van der Waals surface area (Å²) >= 11 is 0. The number of aromatic nitrogens is 6. The van der Waals surface area contributed by atoms with Gasteiger partial charge in [-0.3, -0.25) is 4.40 Å². The minimum Gasteiger partial charge on any atom is -0.497 e. The largest absolute Gasteiger partial charge is 0.497 e. The fourth-order valence-electron chi connectivity index (χ4n) is 4.28. The second-order valence-electron chi connectivity index (χ2n) is 8.44. The molecule has 0 fully saturated rings. The Labute approximate surface area is 203 Å². The number of rotatable bonds is 7. The zero-order chi connectivity index (χ0) is 25.4. The molecule has 0 aliphatic heterocycles. The van der Waals surface area contributed by atoms with Crippen LogP contribution in [0.15, 0.2) is 78.4 Å². The van der Waals surface area contributed by atoms with Crippen molar-refractivity contribution in [2.45, 2.75) is 25.1 Å². The molecule has 0 aliphatic rings. The van der Waals surface area contributed by atoms with Crippen molar-refractivity contribution in [3.05, 3.63) is 101 Å². The van der Waals surface area contributed by atoms with E-state index in [1.165, 1.54) is 34.9 Å². The van der Waals surface area contributed by atoms with E-state index in [1.807, 2.05) is 30.3 Å². The molecule has 5 rings (SSSR count). The fraction of sp³-hybridized carbons (Fsp3) is 0.200. The molecule has 1 unspecified atom stereocenters. The SMILES string of the molecule is COc1ccc(-c2cc3cnn([C@H](C)C(O)(Cn4cncn4)c4ccc(F)cc4F)c(=O)n3c2)cc1. The summed E-state index contributed by atoms with van der Waals surface area (Å²) in [5, 5.41) is 20.1. The van der Waals surface area contributed by atoms with Crippen molar-refractivity contribution in [3.63, 3.8) is 0 Å². The number of halogens is 2. The van der Waals surface area contributed by atoms with Gasteiger partial charge >= 0.3 is 5.69 Å². The van der Waals surface area contributed by atoms with Gasteiger partial charge in [-0.2, -0.15) is 10.2 Å². The number of aliphatic hydroxyl groups is 1. The monoisotopic (exact) mass is 492 g/mol. The summed E-state index contributed by atoms with van der Waals surface area (Å²) in [6.45, 7) is 1.28. The first-order chi connectivity index (χ1) is 17.3. The van der Waals surface area contributed by atoms with Crippen molar-refractivity contribution in [2.75, 3.05) is 7.11 Å². The normalized spacial score (nSPS) is 14.0. The van der Waals surface area contributed by atoms with E-state index in [0.29, 0.717) is 17.3 Å². The third-order valence-corrected chi connectivity index (χ3v) is 6.31. The summed E-state index contributed by atoms with van der Waals surface area (Å²) in [5.41, 5.74) is -0.574. The van der Waals surface area contributed by atoms with Crippen LogP contribution in [0, 0.1) is 11.6 Å². The Morgan fingerprint density at radius 1 is 1.08 bits per heavy atom. The van der Waals surface area contributed by atoms with Crippen LogP contribution in [0.4, 0.5) is 8.78 Å². The topological polar surface area (TPSA) is 99.5 Å². The number of ether oxygens (including phenoxy) is 1. The fourth-order valence-corrected chi connectivity index (χ4v) is 4.28. The summed E-state index contributed by atoms with van der Waals surface area (Å²) in [6.07, 6.45) is 5.77. The summed E-state index contributed by atoms with van der Waals surface area (Å²) in [6, 6.07) is 11.0. The molecule has 1 N–H and O–H groups in total. The highest BCUT2D eigenvalue weighted by atomic mass is 19.1. The van der Waals surface area contributed by atoms with Gasteiger partial charge < -0.3 is 9.84 Å². The molecular formula is C25H22F2N6O3. The number of benzene rings is 2. The zero-order valence-electron chi connectivity index (χ0n) is 19.4. The van der Waals surface area contributed by atoms with Crippen LogP contribution in [0.1, 0.15) is 18.5 Å². The van der Waals surface area contributed by atoms with Gasteiger partial charge in [0.2, 0.25) is 0 Å². The van der Waals surface area contributed by atoms with Gasteiger partial charge in [0.05, 0.1) is 31.4 Å². The van der Waals surface area contributed by atoms with Crippen molar-refractivity contribution in [1.29, 1.82) is 0 Å². The number of nitrogens with zero attached hydrogens (tertiary/aromatic N) is 6. The molecule has 2 atom stereocenters. The van der Waals surface area contributed by atoms with Gasteiger partial charge in [0.25, 0.3) is 0 Å². The van der Waals surface area contributed by atoms with Gasteiger partial charge in [-0.15, -0.1) is 0 Å². The van der Waals surface area contributed by atoms with Crippen LogP contribution in [0.2, 0.25) is 0 Å². The first-order valence-corrected chi connectivity index (χ1v) is 11.0. The standard InChI is InChI=1S/C25H22F2N6O3/c1-16(25(35,13-31-15-28-14-30-31)22-8-5-19(26)10-23(22)27)33-24(34)32-12-18(9-20(32)11-29-33)17-3-6-21(36-2)7-4-17/h3-12,14-16,35H,13H2,1-2H3/t16-,25?/m1/s1. The van der Waals surface area contributed by atoms with Gasteiger partial charge in [0.1, 0.15) is 35.6 Å². The van der Waals surface area contributed by atoms with E-state index >= 15 is 0 Å². The maximum absolute atomic E-state index is 14.9. The molecule has 0 amide bonds. The Balaban J connectivity index is 1.60. The third-order valence-electron chi connectivity index (χ3n) is 6.31. The van der Waals surface area contributed by atoms with E-state index in [1.54, 1.807) is 13.3 Å². The summed E-state index contributed by atoms with van der Waals surface area (Å²) in [7, 11) is 1.58. The van der Waals surface area contributed by atoms with Gasteiger partial charge in [-0.05, 0) is 36.8 Å². The summed E-state index contributed by atoms with van der Waals surface area (Å²) in [5.74, 6) is -1.04. The molecule has 0 saturated carbocycles. The quantitative estimate of drug-likeness (QED) is 0.375. The van der Waals surface area contributed by atoms with Crippen molar-refractivity contribution in [3.8, 4) is 16.9 Å². The lowest BCUT2D eigenvalue weighted by Gasteiger charge is -2.34. The average Bonchev–Trinajstić information content (AvgIpc) is 3.54. The van der Waals surface area contributed by atoms with Crippen LogP contribution in [0.25, 0.3) is 16.6 Å². The van der Waals surface area contributed by atoms with E-state index < -0.39 is 29.0 Å². The second-order valence-corrected chi connectivity index (χ2v) is 8.44. The summed E-state index contributed by atoms with van der Waals surface area (Å²) < 4.78 is 37.5. The number of fused-ring (bicyclic) bond motifs is 1. The van der Waals surface area contributed by atoms with Crippen LogP contribution in [-0.4, -0.2) is 41.2 Å². The zero-order valence-corrected chi connectivity index (χ0v) is 19.4. The third kappa shape index (κ3) is 4.03. The van der Waals surface area contributed by atoms with Gasteiger partial charge in [0, 0.05) is 23.4 Å². The second kappa shape index (κ2) is 9.00. The molecule has 9 nitrogen and oxygen atoms in total. The number of methoxy groups -OCH3 is 1. The lowest BCUT2D eigenvalue weighted by atomic mass is 9.86. The van der Waals surface area contributed by atoms with E-state index in [4.69, 9.17) is 4.74 Å². The Bertz CT molecular complexity index is 1580. The molecule has 5 aromatic rings. The highest BCUT2D eigenvalue weighted by molar-refractivity contribution is 5.70. The maximum atomic E-state index is 14.9. The lowest BCUT2D eigenvalue weighted by Crippen LogP contribution is -2.45. The first kappa shape index (κ1) is 23.4. The molecule has 0 bridgehead atoms. The van der Waals surface area contributed by atoms with Gasteiger partial charge in [-0.25, -0.2) is 27.9 Å². The molecule has 0 radical (unpaired) electrons. The Hall–Kier alpha value is -4.38. The highest BCUT2D eigenvalue weighted by Crippen LogP contribution is 2.36. The maximum Gasteiger partial charge on any atom is 0.349 e. The number of hydrogen-bond donors (Lipinski definition) is 1. The minimum atomic E-state index is -2.03. The molecule has 36 heavy (non-hydrogen) atoms. The van der Waals surface area contributed by atoms with Crippen LogP contribution >= 0.6 is 0 Å². The average molecular weight is 492 g/mol. The van der Waals surface area contributed by atoms with E-state index in [2.05, 4.69) is 15.2 Å². The molecule has 0 saturated heterocycles. The molecule has 3 heterocycles. The molecule has 3 aromatic heterocycles. The molecule has 0 aliphatic carbocycles. The van der Waals surface area contributed by atoms with E-state index in [0.717, 1.165) is 27.9 Å². The molecular weight excluding hydrogens is 470 g/mol. The van der Waals surface area contributed by atoms with Crippen molar-refractivity contribution in [1.82, 2.24) is 28.9 Å². The van der Waals surface area contributed by atoms with Crippen molar-refractivity contribution >= 4 is 5.52 Å². The predicted octanol–water partition coefficient (Wildman–Crippen LogP) is 3.19. The molecule has 2 aromatic carbocycles.